The van der Waals surface area contributed by atoms with Crippen LogP contribution in [0.4, 0.5) is 0 Å². The van der Waals surface area contributed by atoms with E-state index in [0.717, 1.165) is 27.4 Å². The van der Waals surface area contributed by atoms with Crippen LogP contribution < -0.4 is 0 Å². The van der Waals surface area contributed by atoms with Crippen LogP contribution >= 0.6 is 23.1 Å². The Morgan fingerprint density at radius 2 is 1.92 bits per heavy atom. The Hall–Kier alpha value is -2.52. The Morgan fingerprint density at radius 1 is 1.04 bits per heavy atom. The molecule has 4 aromatic rings. The van der Waals surface area contributed by atoms with Gasteiger partial charge in [0.15, 0.2) is 16.8 Å². The summed E-state index contributed by atoms with van der Waals surface area (Å²) >= 11 is 3.21. The second-order valence-electron chi connectivity index (χ2n) is 4.97. The SMILES string of the molecule is Cn1c(SCc2nnnn2-c2ccccc2)nnc1-c1cccs1. The molecule has 0 aliphatic heterocycles. The Morgan fingerprint density at radius 3 is 2.71 bits per heavy atom. The van der Waals surface area contributed by atoms with E-state index >= 15 is 0 Å². The van der Waals surface area contributed by atoms with Crippen LogP contribution in [0.1, 0.15) is 5.82 Å². The number of nitrogens with zero attached hydrogens (tertiary/aromatic N) is 7. The lowest BCUT2D eigenvalue weighted by Crippen LogP contribution is -2.02. The highest BCUT2D eigenvalue weighted by molar-refractivity contribution is 7.98. The molecule has 1 aromatic carbocycles. The topological polar surface area (TPSA) is 74.3 Å². The van der Waals surface area contributed by atoms with Crippen LogP contribution in [-0.2, 0) is 12.8 Å². The summed E-state index contributed by atoms with van der Waals surface area (Å²) in [5.41, 5.74) is 0.940. The van der Waals surface area contributed by atoms with Gasteiger partial charge in [-0.1, -0.05) is 36.0 Å². The molecule has 0 spiro atoms. The fourth-order valence-electron chi connectivity index (χ4n) is 2.26. The van der Waals surface area contributed by atoms with Crippen molar-refractivity contribution in [3.8, 4) is 16.4 Å². The number of thiophene rings is 1. The maximum absolute atomic E-state index is 4.28. The third-order valence-corrected chi connectivity index (χ3v) is 5.32. The minimum Gasteiger partial charge on any atom is -0.304 e. The lowest BCUT2D eigenvalue weighted by molar-refractivity contribution is 0.774. The van der Waals surface area contributed by atoms with E-state index in [9.17, 15) is 0 Å². The molecule has 3 heterocycles. The molecular weight excluding hydrogens is 342 g/mol. The molecule has 9 heteroatoms. The van der Waals surface area contributed by atoms with Crippen LogP contribution in [0.5, 0.6) is 0 Å². The molecule has 0 amide bonds. The lowest BCUT2D eigenvalue weighted by Gasteiger charge is -2.04. The van der Waals surface area contributed by atoms with E-state index in [1.165, 1.54) is 0 Å². The summed E-state index contributed by atoms with van der Waals surface area (Å²) in [6.45, 7) is 0. The quantitative estimate of drug-likeness (QED) is 0.513. The van der Waals surface area contributed by atoms with Crippen molar-refractivity contribution in [2.45, 2.75) is 10.9 Å². The van der Waals surface area contributed by atoms with Gasteiger partial charge in [0.1, 0.15) is 0 Å². The number of para-hydroxylation sites is 1. The predicted octanol–water partition coefficient (Wildman–Crippen LogP) is 2.81. The van der Waals surface area contributed by atoms with Crippen LogP contribution in [-0.4, -0.2) is 35.0 Å². The number of rotatable bonds is 5. The molecular formula is C15H13N7S2. The first-order valence-corrected chi connectivity index (χ1v) is 9.08. The van der Waals surface area contributed by atoms with Gasteiger partial charge in [0.2, 0.25) is 0 Å². The van der Waals surface area contributed by atoms with Gasteiger partial charge in [0.05, 0.1) is 16.3 Å². The molecule has 7 nitrogen and oxygen atoms in total. The zero-order chi connectivity index (χ0) is 16.4. The Kier molecular flexibility index (Phi) is 4.09. The molecule has 0 aliphatic rings. The third-order valence-electron chi connectivity index (χ3n) is 3.44. The summed E-state index contributed by atoms with van der Waals surface area (Å²) in [5, 5.41) is 23.4. The zero-order valence-electron chi connectivity index (χ0n) is 12.8. The third kappa shape index (κ3) is 2.83. The van der Waals surface area contributed by atoms with Crippen LogP contribution in [0.3, 0.4) is 0 Å². The Balaban J connectivity index is 1.54. The normalized spacial score (nSPS) is 11.0. The highest BCUT2D eigenvalue weighted by atomic mass is 32.2. The molecule has 0 radical (unpaired) electrons. The minimum absolute atomic E-state index is 0.609. The number of aromatic nitrogens is 7. The van der Waals surface area contributed by atoms with Crippen molar-refractivity contribution in [3.05, 3.63) is 53.7 Å². The molecule has 3 aromatic heterocycles. The predicted molar refractivity (Wildman–Crippen MR) is 93.0 cm³/mol. The first-order valence-electron chi connectivity index (χ1n) is 7.21. The molecule has 0 fully saturated rings. The molecule has 0 N–H and O–H groups in total. The van der Waals surface area contributed by atoms with Crippen LogP contribution in [0.25, 0.3) is 16.4 Å². The van der Waals surface area contributed by atoms with E-state index < -0.39 is 0 Å². The van der Waals surface area contributed by atoms with Gasteiger partial charge in [-0.25, -0.2) is 0 Å². The van der Waals surface area contributed by atoms with Crippen LogP contribution in [0.2, 0.25) is 0 Å². The lowest BCUT2D eigenvalue weighted by atomic mass is 10.3. The standard InChI is InChI=1S/C15H13N7S2/c1-21-14(12-8-5-9-23-12)17-18-15(21)24-10-13-16-19-20-22(13)11-6-3-2-4-7-11/h2-9H,10H2,1H3. The molecule has 4 rings (SSSR count). The maximum Gasteiger partial charge on any atom is 0.191 e. The molecule has 120 valence electrons. The highest BCUT2D eigenvalue weighted by Gasteiger charge is 2.14. The van der Waals surface area contributed by atoms with Crippen LogP contribution in [0, 0.1) is 0 Å². The van der Waals surface area contributed by atoms with Gasteiger partial charge < -0.3 is 4.57 Å². The van der Waals surface area contributed by atoms with Gasteiger partial charge in [-0.15, -0.1) is 26.6 Å². The number of tetrazole rings is 1. The summed E-state index contributed by atoms with van der Waals surface area (Å²) in [6.07, 6.45) is 0. The van der Waals surface area contributed by atoms with Crippen molar-refractivity contribution in [2.24, 2.45) is 7.05 Å². The minimum atomic E-state index is 0.609. The van der Waals surface area contributed by atoms with Gasteiger partial charge in [-0.3, -0.25) is 0 Å². The van der Waals surface area contributed by atoms with Crippen molar-refractivity contribution in [1.82, 2.24) is 35.0 Å². The van der Waals surface area contributed by atoms with Crippen molar-refractivity contribution in [1.29, 1.82) is 0 Å². The molecule has 24 heavy (non-hydrogen) atoms. The van der Waals surface area contributed by atoms with E-state index in [4.69, 9.17) is 0 Å². The Bertz CT molecular complexity index is 928. The van der Waals surface area contributed by atoms with E-state index in [0.29, 0.717) is 5.75 Å². The maximum atomic E-state index is 4.28. The second-order valence-corrected chi connectivity index (χ2v) is 6.86. The van der Waals surface area contributed by atoms with Gasteiger partial charge in [-0.2, -0.15) is 4.68 Å². The van der Waals surface area contributed by atoms with Gasteiger partial charge >= 0.3 is 0 Å². The summed E-state index contributed by atoms with van der Waals surface area (Å²) < 4.78 is 3.73. The highest BCUT2D eigenvalue weighted by Crippen LogP contribution is 2.27. The summed E-state index contributed by atoms with van der Waals surface area (Å²) in [5.74, 6) is 2.25. The fourth-order valence-corrected chi connectivity index (χ4v) is 3.82. The monoisotopic (exact) mass is 355 g/mol. The molecule has 0 bridgehead atoms. The smallest absolute Gasteiger partial charge is 0.191 e. The van der Waals surface area contributed by atoms with Gasteiger partial charge in [0.25, 0.3) is 0 Å². The fraction of sp³-hybridized carbons (Fsp3) is 0.133. The second kappa shape index (κ2) is 6.54. The first-order chi connectivity index (χ1) is 11.8. The molecule has 0 aliphatic carbocycles. The summed E-state index contributed by atoms with van der Waals surface area (Å²) in [7, 11) is 1.97. The van der Waals surface area contributed by atoms with Crippen molar-refractivity contribution in [2.75, 3.05) is 0 Å². The summed E-state index contributed by atoms with van der Waals surface area (Å²) in [6, 6.07) is 13.9. The van der Waals surface area contributed by atoms with E-state index in [2.05, 4.69) is 25.7 Å². The molecule has 0 atom stereocenters. The number of benzene rings is 1. The van der Waals surface area contributed by atoms with Crippen molar-refractivity contribution < 1.29 is 0 Å². The Labute approximate surface area is 146 Å². The van der Waals surface area contributed by atoms with Crippen molar-refractivity contribution >= 4 is 23.1 Å². The number of hydrogen-bond donors (Lipinski definition) is 0. The van der Waals surface area contributed by atoms with Crippen LogP contribution in [0.15, 0.2) is 53.0 Å². The molecule has 0 saturated heterocycles. The molecule has 0 saturated carbocycles. The largest absolute Gasteiger partial charge is 0.304 e. The number of thioether (sulfide) groups is 1. The van der Waals surface area contributed by atoms with E-state index in [-0.39, 0.29) is 0 Å². The van der Waals surface area contributed by atoms with Gasteiger partial charge in [-0.05, 0) is 34.0 Å². The summed E-state index contributed by atoms with van der Waals surface area (Å²) in [4.78, 5) is 1.10. The number of hydrogen-bond acceptors (Lipinski definition) is 7. The zero-order valence-corrected chi connectivity index (χ0v) is 14.4. The molecule has 0 unspecified atom stereocenters. The van der Waals surface area contributed by atoms with Crippen molar-refractivity contribution in [3.63, 3.8) is 0 Å². The average Bonchev–Trinajstić information content (AvgIpc) is 3.35. The van der Waals surface area contributed by atoms with E-state index in [1.54, 1.807) is 27.8 Å². The average molecular weight is 355 g/mol. The first kappa shape index (κ1) is 15.0. The van der Waals surface area contributed by atoms with E-state index in [1.807, 2.05) is 59.5 Å². The van der Waals surface area contributed by atoms with Gasteiger partial charge in [0, 0.05) is 7.05 Å².